The summed E-state index contributed by atoms with van der Waals surface area (Å²) in [6.07, 6.45) is 0.401. The van der Waals surface area contributed by atoms with Gasteiger partial charge in [-0.25, -0.2) is 9.59 Å². The van der Waals surface area contributed by atoms with Crippen LogP contribution in [0.2, 0.25) is 0 Å². The molecule has 144 valence electrons. The van der Waals surface area contributed by atoms with Crippen LogP contribution in [0.4, 0.5) is 0 Å². The summed E-state index contributed by atoms with van der Waals surface area (Å²) < 4.78 is 9.65. The second kappa shape index (κ2) is 9.02. The number of phenolic OH excluding ortho intramolecular Hbond substituents is 1. The topological polar surface area (TPSA) is 102 Å². The maximum atomic E-state index is 12.2. The molecule has 0 spiro atoms. The van der Waals surface area contributed by atoms with Crippen molar-refractivity contribution in [3.8, 4) is 5.75 Å². The number of fused-ring (bicyclic) bond motifs is 1. The van der Waals surface area contributed by atoms with Gasteiger partial charge < -0.3 is 19.9 Å². The SMILES string of the molecule is COC(=O)[C@H](CC(C)C)NC(=O)COC(=O)c1cc2ccccc2cc1O. The molecule has 2 rings (SSSR count). The van der Waals surface area contributed by atoms with Crippen LogP contribution in [0.15, 0.2) is 36.4 Å². The molecule has 1 amide bonds. The average molecular weight is 373 g/mol. The predicted octanol–water partition coefficient (Wildman–Crippen LogP) is 2.41. The number of hydrogen-bond acceptors (Lipinski definition) is 6. The summed E-state index contributed by atoms with van der Waals surface area (Å²) in [5.41, 5.74) is -0.0341. The minimum Gasteiger partial charge on any atom is -0.507 e. The first kappa shape index (κ1) is 20.2. The molecule has 27 heavy (non-hydrogen) atoms. The zero-order valence-corrected chi connectivity index (χ0v) is 15.5. The molecule has 0 bridgehead atoms. The maximum Gasteiger partial charge on any atom is 0.342 e. The lowest BCUT2D eigenvalue weighted by molar-refractivity contribution is -0.145. The number of rotatable bonds is 7. The van der Waals surface area contributed by atoms with Gasteiger partial charge in [-0.15, -0.1) is 0 Å². The number of aromatic hydroxyl groups is 1. The Kier molecular flexibility index (Phi) is 6.76. The number of methoxy groups -OCH3 is 1. The number of benzene rings is 2. The molecule has 0 unspecified atom stereocenters. The number of hydrogen-bond donors (Lipinski definition) is 2. The monoisotopic (exact) mass is 373 g/mol. The Morgan fingerprint density at radius 1 is 1.11 bits per heavy atom. The summed E-state index contributed by atoms with van der Waals surface area (Å²) in [5, 5.41) is 14.1. The standard InChI is InChI=1S/C20H23NO6/c1-12(2)8-16(20(25)26-3)21-18(23)11-27-19(24)15-9-13-6-4-5-7-14(13)10-17(15)22/h4-7,9-10,12,16,22H,8,11H2,1-3H3,(H,21,23)/t16-/m0/s1. The fourth-order valence-electron chi connectivity index (χ4n) is 2.66. The van der Waals surface area contributed by atoms with Gasteiger partial charge in [-0.1, -0.05) is 38.1 Å². The molecule has 0 aromatic heterocycles. The van der Waals surface area contributed by atoms with Gasteiger partial charge in [0.15, 0.2) is 6.61 Å². The van der Waals surface area contributed by atoms with Crippen molar-refractivity contribution in [2.24, 2.45) is 5.92 Å². The van der Waals surface area contributed by atoms with Crippen molar-refractivity contribution < 1.29 is 29.0 Å². The number of nitrogens with one attached hydrogen (secondary N) is 1. The molecule has 0 aliphatic heterocycles. The normalized spacial score (nSPS) is 11.9. The predicted molar refractivity (Wildman–Crippen MR) is 99.3 cm³/mol. The van der Waals surface area contributed by atoms with Crippen molar-refractivity contribution in [1.29, 1.82) is 0 Å². The van der Waals surface area contributed by atoms with E-state index in [1.807, 2.05) is 26.0 Å². The van der Waals surface area contributed by atoms with Gasteiger partial charge in [-0.3, -0.25) is 4.79 Å². The summed E-state index contributed by atoms with van der Waals surface area (Å²) in [7, 11) is 1.24. The third-order valence-corrected chi connectivity index (χ3v) is 3.95. The highest BCUT2D eigenvalue weighted by Crippen LogP contribution is 2.25. The Bertz CT molecular complexity index is 845. The van der Waals surface area contributed by atoms with E-state index in [2.05, 4.69) is 10.1 Å². The van der Waals surface area contributed by atoms with Crippen molar-refractivity contribution in [3.63, 3.8) is 0 Å². The summed E-state index contributed by atoms with van der Waals surface area (Å²) in [5.74, 6) is -2.08. The van der Waals surface area contributed by atoms with E-state index in [9.17, 15) is 19.5 Å². The van der Waals surface area contributed by atoms with Gasteiger partial charge in [0, 0.05) is 0 Å². The first-order chi connectivity index (χ1) is 12.8. The van der Waals surface area contributed by atoms with Crippen molar-refractivity contribution in [2.75, 3.05) is 13.7 Å². The van der Waals surface area contributed by atoms with E-state index in [-0.39, 0.29) is 17.2 Å². The molecule has 0 saturated carbocycles. The van der Waals surface area contributed by atoms with Crippen molar-refractivity contribution >= 4 is 28.6 Å². The van der Waals surface area contributed by atoms with Crippen molar-refractivity contribution in [3.05, 3.63) is 42.0 Å². The van der Waals surface area contributed by atoms with E-state index in [4.69, 9.17) is 4.74 Å². The first-order valence-electron chi connectivity index (χ1n) is 8.58. The lowest BCUT2D eigenvalue weighted by Crippen LogP contribution is -2.44. The summed E-state index contributed by atoms with van der Waals surface area (Å²) in [4.78, 5) is 36.0. The van der Waals surface area contributed by atoms with Gasteiger partial charge in [-0.05, 0) is 35.2 Å². The highest BCUT2D eigenvalue weighted by Gasteiger charge is 2.23. The lowest BCUT2D eigenvalue weighted by atomic mass is 10.0. The smallest absolute Gasteiger partial charge is 0.342 e. The van der Waals surface area contributed by atoms with Gasteiger partial charge in [0.05, 0.1) is 7.11 Å². The maximum absolute atomic E-state index is 12.2. The Morgan fingerprint density at radius 2 is 1.74 bits per heavy atom. The Hall–Kier alpha value is -3.09. The molecule has 7 heteroatoms. The molecule has 0 aliphatic rings. The molecule has 0 aliphatic carbocycles. The van der Waals surface area contributed by atoms with Crippen LogP contribution in [0, 0.1) is 5.92 Å². The average Bonchev–Trinajstić information content (AvgIpc) is 2.64. The third kappa shape index (κ3) is 5.44. The molecule has 2 aromatic carbocycles. The van der Waals surface area contributed by atoms with E-state index in [1.54, 1.807) is 12.1 Å². The number of carbonyl (C=O) groups is 3. The Morgan fingerprint density at radius 3 is 2.33 bits per heavy atom. The van der Waals surface area contributed by atoms with Crippen LogP contribution in [0.5, 0.6) is 5.75 Å². The molecule has 0 saturated heterocycles. The minimum atomic E-state index is -0.827. The van der Waals surface area contributed by atoms with Gasteiger partial charge >= 0.3 is 11.9 Å². The largest absolute Gasteiger partial charge is 0.507 e. The van der Waals surface area contributed by atoms with Crippen LogP contribution < -0.4 is 5.32 Å². The van der Waals surface area contributed by atoms with E-state index in [0.29, 0.717) is 6.42 Å². The van der Waals surface area contributed by atoms with Gasteiger partial charge in [0.1, 0.15) is 17.4 Å². The van der Waals surface area contributed by atoms with Crippen LogP contribution in [0.1, 0.15) is 30.6 Å². The molecular weight excluding hydrogens is 350 g/mol. The van der Waals surface area contributed by atoms with Crippen LogP contribution in [-0.2, 0) is 19.1 Å². The van der Waals surface area contributed by atoms with Gasteiger partial charge in [0.2, 0.25) is 0 Å². The summed E-state index contributed by atoms with van der Waals surface area (Å²) >= 11 is 0. The fraction of sp³-hybridized carbons (Fsp3) is 0.350. The Labute approximate surface area is 157 Å². The number of ether oxygens (including phenoxy) is 2. The van der Waals surface area contributed by atoms with Crippen LogP contribution in [0.3, 0.4) is 0 Å². The Balaban J connectivity index is 2.01. The lowest BCUT2D eigenvalue weighted by Gasteiger charge is -2.18. The van der Waals surface area contributed by atoms with E-state index >= 15 is 0 Å². The fourth-order valence-corrected chi connectivity index (χ4v) is 2.66. The molecule has 7 nitrogen and oxygen atoms in total. The van der Waals surface area contributed by atoms with Crippen LogP contribution in [-0.4, -0.2) is 42.7 Å². The molecule has 0 heterocycles. The molecule has 2 N–H and O–H groups in total. The second-order valence-electron chi connectivity index (χ2n) is 6.57. The van der Waals surface area contributed by atoms with Crippen LogP contribution in [0.25, 0.3) is 10.8 Å². The van der Waals surface area contributed by atoms with E-state index in [0.717, 1.165) is 10.8 Å². The molecule has 1 atom stereocenters. The van der Waals surface area contributed by atoms with Gasteiger partial charge in [0.25, 0.3) is 5.91 Å². The minimum absolute atomic E-state index is 0.0341. The number of amides is 1. The number of esters is 2. The van der Waals surface area contributed by atoms with Gasteiger partial charge in [-0.2, -0.15) is 0 Å². The molecular formula is C20H23NO6. The highest BCUT2D eigenvalue weighted by atomic mass is 16.5. The second-order valence-corrected chi connectivity index (χ2v) is 6.57. The van der Waals surface area contributed by atoms with Crippen LogP contribution >= 0.6 is 0 Å². The quantitative estimate of drug-likeness (QED) is 0.723. The number of carbonyl (C=O) groups excluding carboxylic acids is 3. The highest BCUT2D eigenvalue weighted by molar-refractivity contribution is 5.99. The molecule has 0 radical (unpaired) electrons. The molecule has 0 fully saturated rings. The van der Waals surface area contributed by atoms with E-state index in [1.165, 1.54) is 19.2 Å². The third-order valence-electron chi connectivity index (χ3n) is 3.95. The van der Waals surface area contributed by atoms with Crippen molar-refractivity contribution in [1.82, 2.24) is 5.32 Å². The number of phenols is 1. The zero-order chi connectivity index (χ0) is 20.0. The summed E-state index contributed by atoms with van der Waals surface area (Å²) in [6, 6.07) is 9.38. The van der Waals surface area contributed by atoms with Crippen molar-refractivity contribution in [2.45, 2.75) is 26.3 Å². The zero-order valence-electron chi connectivity index (χ0n) is 15.5. The molecule has 2 aromatic rings. The first-order valence-corrected chi connectivity index (χ1v) is 8.58. The van der Waals surface area contributed by atoms with E-state index < -0.39 is 30.5 Å². The summed E-state index contributed by atoms with van der Waals surface area (Å²) in [6.45, 7) is 3.24.